The zero-order valence-electron chi connectivity index (χ0n) is 15.3. The van der Waals surface area contributed by atoms with Gasteiger partial charge >= 0.3 is 0 Å². The standard InChI is InChI=1S/C18H28O5/c1-9(2)22-13-14(19)17(7)12(6)11(5)15(21-8)18(17,20)16(13)23-10(3)4/h9-10,12,20H,1-8H3/t12-,17-,18+/m0/s1. The molecule has 0 saturated carbocycles. The number of fused-ring (bicyclic) bond motifs is 1. The molecule has 23 heavy (non-hydrogen) atoms. The van der Waals surface area contributed by atoms with E-state index in [2.05, 4.69) is 0 Å². The number of hydrogen-bond donors (Lipinski definition) is 1. The third kappa shape index (κ3) is 2.12. The number of methoxy groups -OCH3 is 1. The molecule has 2 aliphatic rings. The zero-order chi connectivity index (χ0) is 17.7. The fraction of sp³-hybridized carbons (Fsp3) is 0.722. The average molecular weight is 324 g/mol. The number of ether oxygens (including phenoxy) is 3. The van der Waals surface area contributed by atoms with E-state index in [9.17, 15) is 9.90 Å². The molecule has 0 amide bonds. The van der Waals surface area contributed by atoms with E-state index in [4.69, 9.17) is 14.2 Å². The minimum absolute atomic E-state index is 0.118. The molecule has 0 aromatic carbocycles. The molecule has 0 aromatic rings. The first-order valence-corrected chi connectivity index (χ1v) is 8.13. The molecule has 1 N–H and O–H groups in total. The van der Waals surface area contributed by atoms with Gasteiger partial charge < -0.3 is 19.3 Å². The van der Waals surface area contributed by atoms with Crippen molar-refractivity contribution < 1.29 is 24.1 Å². The van der Waals surface area contributed by atoms with Crippen molar-refractivity contribution >= 4 is 5.78 Å². The molecule has 0 heterocycles. The summed E-state index contributed by atoms with van der Waals surface area (Å²) in [7, 11) is 1.51. The summed E-state index contributed by atoms with van der Waals surface area (Å²) in [6.07, 6.45) is -0.402. The Hall–Kier alpha value is -1.49. The third-order valence-corrected chi connectivity index (χ3v) is 5.08. The van der Waals surface area contributed by atoms with Crippen LogP contribution in [0.1, 0.15) is 48.5 Å². The van der Waals surface area contributed by atoms with Gasteiger partial charge in [0.2, 0.25) is 11.5 Å². The second kappa shape index (κ2) is 5.55. The van der Waals surface area contributed by atoms with Crippen LogP contribution in [0.2, 0.25) is 0 Å². The number of aliphatic hydroxyl groups is 1. The second-order valence-electron chi connectivity index (χ2n) is 7.17. The second-order valence-corrected chi connectivity index (χ2v) is 7.17. The van der Waals surface area contributed by atoms with E-state index in [1.54, 1.807) is 6.92 Å². The van der Waals surface area contributed by atoms with E-state index in [1.165, 1.54) is 7.11 Å². The molecule has 2 rings (SSSR count). The molecule has 0 unspecified atom stereocenters. The van der Waals surface area contributed by atoms with Crippen molar-refractivity contribution in [1.29, 1.82) is 0 Å². The van der Waals surface area contributed by atoms with E-state index in [1.807, 2.05) is 41.5 Å². The number of carbonyl (C=O) groups excluding carboxylic acids is 1. The predicted octanol–water partition coefficient (Wildman–Crippen LogP) is 2.94. The van der Waals surface area contributed by atoms with Crippen molar-refractivity contribution in [3.63, 3.8) is 0 Å². The van der Waals surface area contributed by atoms with Gasteiger partial charge in [-0.05, 0) is 53.0 Å². The van der Waals surface area contributed by atoms with Gasteiger partial charge in [-0.3, -0.25) is 4.79 Å². The van der Waals surface area contributed by atoms with Crippen molar-refractivity contribution in [2.24, 2.45) is 11.3 Å². The van der Waals surface area contributed by atoms with Crippen LogP contribution in [0.3, 0.4) is 0 Å². The molecule has 0 aromatic heterocycles. The Kier molecular flexibility index (Phi) is 4.31. The largest absolute Gasteiger partial charge is 0.498 e. The van der Waals surface area contributed by atoms with Crippen molar-refractivity contribution in [3.8, 4) is 0 Å². The molecule has 130 valence electrons. The molecule has 0 bridgehead atoms. The van der Waals surface area contributed by atoms with Crippen molar-refractivity contribution in [3.05, 3.63) is 22.9 Å². The van der Waals surface area contributed by atoms with Crippen LogP contribution in [-0.2, 0) is 19.0 Å². The maximum absolute atomic E-state index is 13.2. The van der Waals surface area contributed by atoms with Gasteiger partial charge in [0.25, 0.3) is 0 Å². The molecule has 0 spiro atoms. The SMILES string of the molecule is COC1=C(C)[C@H](C)[C@@]2(C)C(=O)C(OC(C)C)=C(OC(C)C)[C@]12O. The monoisotopic (exact) mass is 324 g/mol. The van der Waals surface area contributed by atoms with E-state index >= 15 is 0 Å². The summed E-state index contributed by atoms with van der Waals surface area (Å²) < 4.78 is 17.1. The highest BCUT2D eigenvalue weighted by Crippen LogP contribution is 2.62. The van der Waals surface area contributed by atoms with Gasteiger partial charge in [-0.1, -0.05) is 6.92 Å². The van der Waals surface area contributed by atoms with Crippen LogP contribution in [0, 0.1) is 11.3 Å². The van der Waals surface area contributed by atoms with E-state index in [0.717, 1.165) is 5.57 Å². The van der Waals surface area contributed by atoms with Gasteiger partial charge in [-0.25, -0.2) is 0 Å². The summed E-state index contributed by atoms with van der Waals surface area (Å²) >= 11 is 0. The summed E-state index contributed by atoms with van der Waals surface area (Å²) in [5.74, 6) is 0.262. The maximum Gasteiger partial charge on any atom is 0.211 e. The lowest BCUT2D eigenvalue weighted by molar-refractivity contribution is -0.139. The third-order valence-electron chi connectivity index (χ3n) is 5.08. The normalized spacial score (nSPS) is 33.9. The Morgan fingerprint density at radius 3 is 2.04 bits per heavy atom. The molecule has 5 heteroatoms. The Morgan fingerprint density at radius 1 is 1.09 bits per heavy atom. The van der Waals surface area contributed by atoms with Crippen LogP contribution >= 0.6 is 0 Å². The Labute approximate surface area is 138 Å². The topological polar surface area (TPSA) is 65.0 Å². The van der Waals surface area contributed by atoms with Crippen molar-refractivity contribution in [1.82, 2.24) is 0 Å². The van der Waals surface area contributed by atoms with Crippen LogP contribution in [0.25, 0.3) is 0 Å². The number of ketones is 1. The van der Waals surface area contributed by atoms with Crippen LogP contribution in [0.15, 0.2) is 22.9 Å². The first kappa shape index (κ1) is 17.9. The lowest BCUT2D eigenvalue weighted by Crippen LogP contribution is -2.49. The fourth-order valence-electron chi connectivity index (χ4n) is 3.69. The van der Waals surface area contributed by atoms with Crippen LogP contribution in [0.4, 0.5) is 0 Å². The summed E-state index contributed by atoms with van der Waals surface area (Å²) in [4.78, 5) is 13.2. The molecule has 2 aliphatic carbocycles. The Morgan fingerprint density at radius 2 is 1.61 bits per heavy atom. The lowest BCUT2D eigenvalue weighted by atomic mass is 9.69. The van der Waals surface area contributed by atoms with E-state index in [0.29, 0.717) is 5.76 Å². The summed E-state index contributed by atoms with van der Waals surface area (Å²) in [6, 6.07) is 0. The molecular weight excluding hydrogens is 296 g/mol. The fourth-order valence-corrected chi connectivity index (χ4v) is 3.69. The number of allylic oxidation sites excluding steroid dienone is 2. The molecule has 3 atom stereocenters. The van der Waals surface area contributed by atoms with Gasteiger partial charge in [-0.2, -0.15) is 0 Å². The molecule has 0 radical (unpaired) electrons. The van der Waals surface area contributed by atoms with Crippen LogP contribution < -0.4 is 0 Å². The number of carbonyl (C=O) groups is 1. The molecule has 0 aliphatic heterocycles. The van der Waals surface area contributed by atoms with Crippen molar-refractivity contribution in [2.75, 3.05) is 7.11 Å². The Bertz CT molecular complexity index is 586. The highest BCUT2D eigenvalue weighted by atomic mass is 16.6. The first-order valence-electron chi connectivity index (χ1n) is 8.13. The van der Waals surface area contributed by atoms with Crippen LogP contribution in [-0.4, -0.2) is 35.8 Å². The lowest BCUT2D eigenvalue weighted by Gasteiger charge is -2.37. The predicted molar refractivity (Wildman–Crippen MR) is 86.4 cm³/mol. The molecule has 5 nitrogen and oxygen atoms in total. The molecule has 0 fully saturated rings. The van der Waals surface area contributed by atoms with Gasteiger partial charge in [-0.15, -0.1) is 0 Å². The van der Waals surface area contributed by atoms with E-state index in [-0.39, 0.29) is 35.4 Å². The Balaban J connectivity index is 2.72. The first-order chi connectivity index (χ1) is 10.5. The molecular formula is C18H28O5. The summed E-state index contributed by atoms with van der Waals surface area (Å²) in [5.41, 5.74) is -1.85. The minimum atomic E-state index is -1.63. The highest BCUT2D eigenvalue weighted by Gasteiger charge is 2.73. The smallest absolute Gasteiger partial charge is 0.211 e. The summed E-state index contributed by atoms with van der Waals surface area (Å²) in [6.45, 7) is 13.0. The van der Waals surface area contributed by atoms with Crippen LogP contribution in [0.5, 0.6) is 0 Å². The zero-order valence-corrected chi connectivity index (χ0v) is 15.3. The van der Waals surface area contributed by atoms with Gasteiger partial charge in [0.15, 0.2) is 11.4 Å². The average Bonchev–Trinajstić information content (AvgIpc) is 2.70. The van der Waals surface area contributed by atoms with E-state index < -0.39 is 11.0 Å². The quantitative estimate of drug-likeness (QED) is 0.842. The van der Waals surface area contributed by atoms with Gasteiger partial charge in [0, 0.05) is 0 Å². The minimum Gasteiger partial charge on any atom is -0.498 e. The number of Topliss-reactive ketones (excluding diaryl/α,β-unsaturated/α-hetero) is 1. The van der Waals surface area contributed by atoms with Gasteiger partial charge in [0.05, 0.1) is 24.7 Å². The highest BCUT2D eigenvalue weighted by molar-refractivity contribution is 6.05. The number of rotatable bonds is 5. The maximum atomic E-state index is 13.2. The summed E-state index contributed by atoms with van der Waals surface area (Å²) in [5, 5.41) is 11.6. The number of hydrogen-bond acceptors (Lipinski definition) is 5. The van der Waals surface area contributed by atoms with Gasteiger partial charge in [0.1, 0.15) is 5.76 Å². The molecule has 0 saturated heterocycles. The van der Waals surface area contributed by atoms with Crippen molar-refractivity contribution in [2.45, 2.75) is 66.3 Å².